The van der Waals surface area contributed by atoms with Crippen molar-refractivity contribution in [3.63, 3.8) is 0 Å². The Morgan fingerprint density at radius 1 is 1.41 bits per heavy atom. The quantitative estimate of drug-likeness (QED) is 0.742. The van der Waals surface area contributed by atoms with Crippen molar-refractivity contribution in [2.45, 2.75) is 37.8 Å². The lowest BCUT2D eigenvalue weighted by atomic mass is 9.91. The molecular formula is C12H18N4O. The number of carbonyl (C=O) groups excluding carboxylic acids is 1. The van der Waals surface area contributed by atoms with Gasteiger partial charge in [-0.2, -0.15) is 0 Å². The van der Waals surface area contributed by atoms with E-state index in [0.717, 1.165) is 12.8 Å². The number of ketones is 1. The van der Waals surface area contributed by atoms with Crippen LogP contribution >= 0.6 is 0 Å². The van der Waals surface area contributed by atoms with E-state index in [1.807, 2.05) is 0 Å². The van der Waals surface area contributed by atoms with Crippen LogP contribution in [0.2, 0.25) is 0 Å². The van der Waals surface area contributed by atoms with Gasteiger partial charge in [0.25, 0.3) is 0 Å². The molecule has 0 aliphatic heterocycles. The van der Waals surface area contributed by atoms with Crippen molar-refractivity contribution in [3.8, 4) is 0 Å². The van der Waals surface area contributed by atoms with Gasteiger partial charge in [0.1, 0.15) is 5.69 Å². The maximum absolute atomic E-state index is 11.8. The first-order valence-electron chi connectivity index (χ1n) is 6.05. The highest BCUT2D eigenvalue weighted by Crippen LogP contribution is 2.16. The zero-order valence-corrected chi connectivity index (χ0v) is 9.80. The Balaban J connectivity index is 1.84. The predicted molar refractivity (Wildman–Crippen MR) is 64.6 cm³/mol. The molecule has 3 N–H and O–H groups in total. The van der Waals surface area contributed by atoms with Gasteiger partial charge in [-0.1, -0.05) is 12.8 Å². The number of aromatic nitrogens is 2. The molecule has 5 nitrogen and oxygen atoms in total. The molecule has 5 heteroatoms. The van der Waals surface area contributed by atoms with Crippen molar-refractivity contribution in [1.29, 1.82) is 0 Å². The molecule has 92 valence electrons. The fourth-order valence-corrected chi connectivity index (χ4v) is 2.17. The molecule has 1 fully saturated rings. The normalized spacial score (nSPS) is 24.5. The molecule has 1 aromatic heterocycles. The van der Waals surface area contributed by atoms with Crippen molar-refractivity contribution in [3.05, 3.63) is 24.3 Å². The minimum atomic E-state index is -0.0316. The van der Waals surface area contributed by atoms with E-state index in [2.05, 4.69) is 15.3 Å². The van der Waals surface area contributed by atoms with Crippen LogP contribution in [0, 0.1) is 0 Å². The van der Waals surface area contributed by atoms with E-state index in [0.29, 0.717) is 5.69 Å². The Hall–Kier alpha value is -1.33. The van der Waals surface area contributed by atoms with Crippen LogP contribution in [0.5, 0.6) is 0 Å². The average molecular weight is 234 g/mol. The highest BCUT2D eigenvalue weighted by atomic mass is 16.1. The maximum atomic E-state index is 11.8. The Bertz CT molecular complexity index is 368. The molecule has 0 spiro atoms. The molecule has 0 amide bonds. The van der Waals surface area contributed by atoms with Crippen LogP contribution in [0.3, 0.4) is 0 Å². The summed E-state index contributed by atoms with van der Waals surface area (Å²) in [6.45, 7) is 0.289. The van der Waals surface area contributed by atoms with Crippen LogP contribution in [0.1, 0.15) is 36.2 Å². The lowest BCUT2D eigenvalue weighted by molar-refractivity contribution is 0.0978. The van der Waals surface area contributed by atoms with Gasteiger partial charge in [0.15, 0.2) is 5.78 Å². The second-order valence-electron chi connectivity index (χ2n) is 4.45. The van der Waals surface area contributed by atoms with Crippen molar-refractivity contribution in [2.24, 2.45) is 5.73 Å². The summed E-state index contributed by atoms with van der Waals surface area (Å²) in [5, 5.41) is 3.23. The fraction of sp³-hybridized carbons (Fsp3) is 0.583. The van der Waals surface area contributed by atoms with Gasteiger partial charge in [0, 0.05) is 24.5 Å². The summed E-state index contributed by atoms with van der Waals surface area (Å²) in [6.07, 6.45) is 9.04. The van der Waals surface area contributed by atoms with Gasteiger partial charge >= 0.3 is 0 Å². The molecule has 1 aliphatic rings. The van der Waals surface area contributed by atoms with Gasteiger partial charge in [-0.05, 0) is 12.8 Å². The Labute approximate surface area is 101 Å². The minimum Gasteiger partial charge on any atom is -0.326 e. The van der Waals surface area contributed by atoms with Gasteiger partial charge in [-0.25, -0.2) is 4.98 Å². The first kappa shape index (κ1) is 12.1. The molecule has 17 heavy (non-hydrogen) atoms. The molecule has 1 aromatic rings. The molecule has 2 atom stereocenters. The third kappa shape index (κ3) is 3.31. The summed E-state index contributed by atoms with van der Waals surface area (Å²) < 4.78 is 0. The predicted octanol–water partition coefficient (Wildman–Crippen LogP) is 0.519. The lowest BCUT2D eigenvalue weighted by Crippen LogP contribution is -2.48. The van der Waals surface area contributed by atoms with Crippen LogP contribution in [0.4, 0.5) is 0 Å². The fourth-order valence-electron chi connectivity index (χ4n) is 2.17. The topological polar surface area (TPSA) is 80.9 Å². The van der Waals surface area contributed by atoms with E-state index in [9.17, 15) is 4.79 Å². The van der Waals surface area contributed by atoms with Crippen molar-refractivity contribution >= 4 is 5.78 Å². The van der Waals surface area contributed by atoms with Crippen LogP contribution in [-0.2, 0) is 0 Å². The van der Waals surface area contributed by atoms with E-state index >= 15 is 0 Å². The summed E-state index contributed by atoms with van der Waals surface area (Å²) in [5.41, 5.74) is 6.41. The number of nitrogens with two attached hydrogens (primary N) is 1. The number of hydrogen-bond acceptors (Lipinski definition) is 5. The number of hydrogen-bond donors (Lipinski definition) is 2. The molecule has 1 heterocycles. The lowest BCUT2D eigenvalue weighted by Gasteiger charge is -2.29. The zero-order valence-electron chi connectivity index (χ0n) is 9.80. The summed E-state index contributed by atoms with van der Waals surface area (Å²) in [7, 11) is 0. The molecule has 1 saturated carbocycles. The number of rotatable bonds is 4. The molecule has 0 aromatic carbocycles. The number of nitrogens with one attached hydrogen (secondary N) is 1. The van der Waals surface area contributed by atoms with Crippen LogP contribution in [0.25, 0.3) is 0 Å². The monoisotopic (exact) mass is 234 g/mol. The van der Waals surface area contributed by atoms with Gasteiger partial charge in [-0.3, -0.25) is 9.78 Å². The number of Topliss-reactive ketones (excluding diaryl/α,β-unsaturated/α-hetero) is 1. The number of carbonyl (C=O) groups is 1. The third-order valence-corrected chi connectivity index (χ3v) is 3.19. The Morgan fingerprint density at radius 3 is 2.94 bits per heavy atom. The first-order chi connectivity index (χ1) is 8.27. The minimum absolute atomic E-state index is 0.0316. The summed E-state index contributed by atoms with van der Waals surface area (Å²) >= 11 is 0. The van der Waals surface area contributed by atoms with E-state index in [1.165, 1.54) is 25.2 Å². The summed E-state index contributed by atoms with van der Waals surface area (Å²) in [4.78, 5) is 19.6. The molecule has 0 saturated heterocycles. The van der Waals surface area contributed by atoms with Crippen molar-refractivity contribution in [2.75, 3.05) is 6.54 Å². The first-order valence-corrected chi connectivity index (χ1v) is 6.05. The second kappa shape index (κ2) is 5.84. The van der Waals surface area contributed by atoms with E-state index in [1.54, 1.807) is 6.20 Å². The van der Waals surface area contributed by atoms with E-state index in [4.69, 9.17) is 5.73 Å². The van der Waals surface area contributed by atoms with Gasteiger partial charge in [-0.15, -0.1) is 0 Å². The van der Waals surface area contributed by atoms with E-state index in [-0.39, 0.29) is 24.4 Å². The molecule has 0 radical (unpaired) electrons. The highest BCUT2D eigenvalue weighted by molar-refractivity contribution is 5.95. The summed E-state index contributed by atoms with van der Waals surface area (Å²) in [6, 6.07) is 0.419. The second-order valence-corrected chi connectivity index (χ2v) is 4.45. The zero-order chi connectivity index (χ0) is 12.1. The smallest absolute Gasteiger partial charge is 0.196 e. The standard InChI is InChI=1S/C12H18N4O/c13-9-3-1-2-4-10(9)16-8-12(17)11-7-14-5-6-15-11/h5-7,9-10,16H,1-4,8,13H2/t9-,10-/m0/s1. The number of nitrogens with zero attached hydrogens (tertiary/aromatic N) is 2. The molecule has 0 bridgehead atoms. The highest BCUT2D eigenvalue weighted by Gasteiger charge is 2.22. The molecule has 0 unspecified atom stereocenters. The SMILES string of the molecule is N[C@H]1CCCC[C@@H]1NCC(=O)c1cnccn1. The van der Waals surface area contributed by atoms with Crippen LogP contribution < -0.4 is 11.1 Å². The Kier molecular flexibility index (Phi) is 4.17. The third-order valence-electron chi connectivity index (χ3n) is 3.19. The van der Waals surface area contributed by atoms with Gasteiger partial charge in [0.2, 0.25) is 0 Å². The van der Waals surface area contributed by atoms with Gasteiger partial charge < -0.3 is 11.1 Å². The Morgan fingerprint density at radius 2 is 2.24 bits per heavy atom. The summed E-state index contributed by atoms with van der Waals surface area (Å²) in [5.74, 6) is -0.0316. The van der Waals surface area contributed by atoms with Crippen LogP contribution in [0.15, 0.2) is 18.6 Å². The van der Waals surface area contributed by atoms with Crippen molar-refractivity contribution < 1.29 is 4.79 Å². The van der Waals surface area contributed by atoms with Crippen LogP contribution in [-0.4, -0.2) is 34.4 Å². The molecular weight excluding hydrogens is 216 g/mol. The largest absolute Gasteiger partial charge is 0.326 e. The maximum Gasteiger partial charge on any atom is 0.196 e. The van der Waals surface area contributed by atoms with E-state index < -0.39 is 0 Å². The molecule has 2 rings (SSSR count). The molecule has 1 aliphatic carbocycles. The van der Waals surface area contributed by atoms with Crippen molar-refractivity contribution in [1.82, 2.24) is 15.3 Å². The average Bonchev–Trinajstić information content (AvgIpc) is 2.38. The van der Waals surface area contributed by atoms with Gasteiger partial charge in [0.05, 0.1) is 12.7 Å².